The zero-order chi connectivity index (χ0) is 35.6. The van der Waals surface area contributed by atoms with Gasteiger partial charge in [0.05, 0.1) is 10.9 Å². The van der Waals surface area contributed by atoms with E-state index in [0.717, 1.165) is 41.5 Å². The number of rotatable bonds is 11. The van der Waals surface area contributed by atoms with Gasteiger partial charge in [-0.05, 0) is 65.9 Å². The fraction of sp³-hybridized carbons (Fsp3) is 0.265. The van der Waals surface area contributed by atoms with E-state index in [1.165, 1.54) is 18.2 Å². The van der Waals surface area contributed by atoms with Crippen molar-refractivity contribution in [2.75, 3.05) is 25.1 Å². The highest BCUT2D eigenvalue weighted by Gasteiger charge is 2.59. The Bertz CT molecular complexity index is 1870. The molecule has 2 atom stereocenters. The van der Waals surface area contributed by atoms with E-state index in [0.29, 0.717) is 31.3 Å². The topological polar surface area (TPSA) is 108 Å². The quantitative estimate of drug-likeness (QED) is 0.198. The number of anilines is 2. The Morgan fingerprint density at radius 3 is 1.88 bits per heavy atom. The van der Waals surface area contributed by atoms with E-state index in [9.17, 15) is 44.7 Å². The molecule has 5 rings (SSSR count). The number of carbonyl (C=O) groups is 1. The van der Waals surface area contributed by atoms with Gasteiger partial charge >= 0.3 is 12.5 Å². The number of alkyl halides is 6. The van der Waals surface area contributed by atoms with Gasteiger partial charge in [0.25, 0.3) is 0 Å². The summed E-state index contributed by atoms with van der Waals surface area (Å²) in [5, 5.41) is 12.3. The molecule has 0 spiro atoms. The summed E-state index contributed by atoms with van der Waals surface area (Å²) in [5.74, 6) is -4.41. The fourth-order valence-corrected chi connectivity index (χ4v) is 7.12. The number of carboxylic acids is 1. The van der Waals surface area contributed by atoms with E-state index in [1.54, 1.807) is 12.1 Å². The maximum Gasteiger partial charge on any atom is 0.573 e. The van der Waals surface area contributed by atoms with Crippen molar-refractivity contribution in [3.8, 4) is 5.75 Å². The van der Waals surface area contributed by atoms with Crippen LogP contribution >= 0.6 is 0 Å². The Labute approximate surface area is 277 Å². The summed E-state index contributed by atoms with van der Waals surface area (Å²) >= 11 is 0. The van der Waals surface area contributed by atoms with Gasteiger partial charge in [-0.2, -0.15) is 13.2 Å². The first kappa shape index (κ1) is 35.7. The smallest absolute Gasteiger partial charge is 0.546 e. The van der Waals surface area contributed by atoms with Crippen LogP contribution in [0.25, 0.3) is 0 Å². The van der Waals surface area contributed by atoms with Crippen LogP contribution in [0.3, 0.4) is 0 Å². The summed E-state index contributed by atoms with van der Waals surface area (Å²) in [6, 6.07) is 22.9. The molecule has 49 heavy (non-hydrogen) atoms. The molecule has 1 aliphatic heterocycles. The average molecular weight is 708 g/mol. The van der Waals surface area contributed by atoms with Crippen molar-refractivity contribution in [2.24, 2.45) is 0 Å². The first-order chi connectivity index (χ1) is 23.1. The summed E-state index contributed by atoms with van der Waals surface area (Å²) < 4.78 is 120. The van der Waals surface area contributed by atoms with Gasteiger partial charge in [0.15, 0.2) is 0 Å². The number of methoxy groups -OCH3 is 1. The number of hydrogen-bond donors (Lipinski definition) is 1. The number of nitrogens with zero attached hydrogens (tertiary/aromatic N) is 1. The van der Waals surface area contributed by atoms with Crippen LogP contribution in [-0.4, -0.2) is 47.1 Å². The number of carboxylic acid groups (broad SMARTS) is 1. The second-order valence-corrected chi connectivity index (χ2v) is 13.0. The molecule has 0 unspecified atom stereocenters. The van der Waals surface area contributed by atoms with Crippen molar-refractivity contribution in [2.45, 2.75) is 41.8 Å². The summed E-state index contributed by atoms with van der Waals surface area (Å²) in [6.07, 6.45) is -9.24. The van der Waals surface area contributed by atoms with Crippen LogP contribution in [0.4, 0.5) is 37.7 Å². The average Bonchev–Trinajstić information content (AvgIpc) is 3.19. The van der Waals surface area contributed by atoms with Gasteiger partial charge < -0.3 is 24.3 Å². The van der Waals surface area contributed by atoms with Crippen LogP contribution in [0, 0.1) is 0 Å². The minimum atomic E-state index is -5.50. The van der Waals surface area contributed by atoms with Crippen LogP contribution in [0.2, 0.25) is 0 Å². The summed E-state index contributed by atoms with van der Waals surface area (Å²) in [7, 11) is -3.89. The monoisotopic (exact) mass is 707 g/mol. The molecule has 0 bridgehead atoms. The largest absolute Gasteiger partial charge is 0.573 e. The number of halogens is 6. The van der Waals surface area contributed by atoms with Crippen molar-refractivity contribution in [1.82, 2.24) is 4.72 Å². The third-order valence-electron chi connectivity index (χ3n) is 8.29. The predicted octanol–water partition coefficient (Wildman–Crippen LogP) is 5.74. The van der Waals surface area contributed by atoms with Gasteiger partial charge in [0, 0.05) is 43.1 Å². The van der Waals surface area contributed by atoms with Crippen LogP contribution < -0.4 is 19.5 Å². The number of fused-ring (bicyclic) bond motifs is 2. The molecule has 8 nitrogen and oxygen atoms in total. The maximum absolute atomic E-state index is 14.6. The Kier molecular flexibility index (Phi) is 10.00. The second-order valence-electron chi connectivity index (χ2n) is 11.2. The van der Waals surface area contributed by atoms with E-state index >= 15 is 0 Å². The molecule has 1 N–H and O–H groups in total. The zero-order valence-corrected chi connectivity index (χ0v) is 26.5. The number of aliphatic carboxylic acids is 1. The lowest BCUT2D eigenvalue weighted by atomic mass is 9.83. The van der Waals surface area contributed by atoms with Crippen molar-refractivity contribution >= 4 is 27.4 Å². The molecular weight excluding hydrogens is 678 g/mol. The lowest BCUT2D eigenvalue weighted by Gasteiger charge is -2.39. The summed E-state index contributed by atoms with van der Waals surface area (Å²) in [6.45, 7) is -0.706. The van der Waals surface area contributed by atoms with Gasteiger partial charge in [-0.15, -0.1) is 13.2 Å². The molecular formula is C34H29F6N2O6S-. The minimum absolute atomic E-state index is 0.142. The van der Waals surface area contributed by atoms with Crippen molar-refractivity contribution in [1.29, 1.82) is 0 Å². The Morgan fingerprint density at radius 2 is 1.37 bits per heavy atom. The molecule has 0 aliphatic carbocycles. The van der Waals surface area contributed by atoms with E-state index in [-0.39, 0.29) is 12.1 Å². The molecule has 4 aromatic rings. The highest BCUT2D eigenvalue weighted by Crippen LogP contribution is 2.45. The van der Waals surface area contributed by atoms with Gasteiger partial charge in [-0.25, -0.2) is 13.1 Å². The van der Waals surface area contributed by atoms with E-state index in [2.05, 4.69) is 9.46 Å². The molecule has 15 heteroatoms. The van der Waals surface area contributed by atoms with Crippen LogP contribution in [0.1, 0.15) is 28.2 Å². The number of aryl methyl sites for hydroxylation is 2. The first-order valence-corrected chi connectivity index (χ1v) is 16.3. The lowest BCUT2D eigenvalue weighted by Crippen LogP contribution is -2.57. The summed E-state index contributed by atoms with van der Waals surface area (Å²) in [4.78, 5) is 13.7. The zero-order valence-electron chi connectivity index (χ0n) is 25.7. The standard InChI is InChI=1S/C34H30F6N2O6S/c1-47-32(31(43)44,33(35,36)37)28-11-5-4-10-27(28)24(20-41-49(45,46)26-18-16-25(17-19-26)48-34(38,39)40)21-42-29-12-6-2-8-22(29)14-15-23-9-3-7-13-30(23)42/h2-13,16-19,24,41H,14-15,20-21H2,1H3,(H,43,44)/p-1/t24-,32+/m0/s1. The number of carbonyl (C=O) groups excluding carboxylic acids is 1. The number of sulfonamides is 1. The SMILES string of the molecule is CO[C@@](C(=O)[O-])(c1ccccc1[C@@H](CNS(=O)(=O)c1ccc(OC(F)(F)F)cc1)CN1c2ccccc2CCc2ccccc21)C(F)(F)F. The number of hydrogen-bond acceptors (Lipinski definition) is 7. The van der Waals surface area contributed by atoms with Crippen molar-refractivity contribution < 1.29 is 54.1 Å². The number of para-hydroxylation sites is 2. The number of benzene rings is 4. The molecule has 0 amide bonds. The first-order valence-electron chi connectivity index (χ1n) is 14.8. The molecule has 0 fully saturated rings. The fourth-order valence-electron chi connectivity index (χ4n) is 6.04. The highest BCUT2D eigenvalue weighted by molar-refractivity contribution is 7.89. The summed E-state index contributed by atoms with van der Waals surface area (Å²) in [5.41, 5.74) is -1.64. The highest BCUT2D eigenvalue weighted by atomic mass is 32.2. The van der Waals surface area contributed by atoms with Gasteiger partial charge in [0.1, 0.15) is 5.75 Å². The van der Waals surface area contributed by atoms with E-state index in [1.807, 2.05) is 41.3 Å². The van der Waals surface area contributed by atoms with Crippen LogP contribution in [0.5, 0.6) is 5.75 Å². The van der Waals surface area contributed by atoms with Crippen molar-refractivity contribution in [3.63, 3.8) is 0 Å². The Hall–Kier alpha value is -4.60. The maximum atomic E-state index is 14.6. The minimum Gasteiger partial charge on any atom is -0.546 e. The van der Waals surface area contributed by atoms with Crippen LogP contribution in [-0.2, 0) is 38.0 Å². The molecule has 1 heterocycles. The Morgan fingerprint density at radius 1 is 0.837 bits per heavy atom. The number of nitrogens with one attached hydrogen (secondary N) is 1. The molecule has 260 valence electrons. The van der Waals surface area contributed by atoms with Crippen LogP contribution in [0.15, 0.2) is 102 Å². The number of ether oxygens (including phenoxy) is 2. The van der Waals surface area contributed by atoms with E-state index < -0.39 is 62.8 Å². The Balaban J connectivity index is 1.62. The third kappa shape index (κ3) is 7.38. The molecule has 4 aromatic carbocycles. The van der Waals surface area contributed by atoms with Gasteiger partial charge in [-0.1, -0.05) is 60.7 Å². The lowest BCUT2D eigenvalue weighted by molar-refractivity contribution is -0.361. The molecule has 0 saturated carbocycles. The van der Waals surface area contributed by atoms with Gasteiger partial charge in [0.2, 0.25) is 15.6 Å². The predicted molar refractivity (Wildman–Crippen MR) is 165 cm³/mol. The normalized spacial score (nSPS) is 15.4. The second kappa shape index (κ2) is 13.7. The van der Waals surface area contributed by atoms with Gasteiger partial charge in [-0.3, -0.25) is 0 Å². The van der Waals surface area contributed by atoms with Crippen molar-refractivity contribution in [3.05, 3.63) is 119 Å². The molecule has 0 radical (unpaired) electrons. The van der Waals surface area contributed by atoms with E-state index in [4.69, 9.17) is 4.74 Å². The third-order valence-corrected chi connectivity index (χ3v) is 9.73. The molecule has 0 saturated heterocycles. The molecule has 1 aliphatic rings. The molecule has 0 aromatic heterocycles.